The maximum atomic E-state index is 13.5. The fourth-order valence-corrected chi connectivity index (χ4v) is 4.28. The molecule has 7 heteroatoms. The fraction of sp³-hybridized carbons (Fsp3) is 0.345. The summed E-state index contributed by atoms with van der Waals surface area (Å²) >= 11 is 0. The second kappa shape index (κ2) is 12.4. The molecule has 2 heterocycles. The number of carbonyl (C=O) groups excluding carboxylic acids is 1. The molecule has 0 radical (unpaired) electrons. The lowest BCUT2D eigenvalue weighted by Gasteiger charge is -2.22. The van der Waals surface area contributed by atoms with E-state index < -0.39 is 5.82 Å². The lowest BCUT2D eigenvalue weighted by molar-refractivity contribution is 0.0946. The van der Waals surface area contributed by atoms with Crippen LogP contribution >= 0.6 is 0 Å². The number of halogens is 1. The van der Waals surface area contributed by atoms with E-state index in [4.69, 9.17) is 14.2 Å². The first-order valence-corrected chi connectivity index (χ1v) is 12.3. The molecule has 5 rings (SSSR count). The van der Waals surface area contributed by atoms with Crippen molar-refractivity contribution in [3.63, 3.8) is 0 Å². The summed E-state index contributed by atoms with van der Waals surface area (Å²) in [5.41, 5.74) is 3.39. The van der Waals surface area contributed by atoms with E-state index in [-0.39, 0.29) is 11.5 Å². The highest BCUT2D eigenvalue weighted by Crippen LogP contribution is 2.35. The predicted octanol–water partition coefficient (Wildman–Crippen LogP) is 5.17. The van der Waals surface area contributed by atoms with Gasteiger partial charge in [-0.3, -0.25) is 4.79 Å². The monoisotopic (exact) mass is 492 g/mol. The van der Waals surface area contributed by atoms with Crippen LogP contribution in [0.1, 0.15) is 39.9 Å². The number of benzene rings is 3. The zero-order valence-corrected chi connectivity index (χ0v) is 20.8. The highest BCUT2D eigenvalue weighted by atomic mass is 19.1. The van der Waals surface area contributed by atoms with Gasteiger partial charge in [0.1, 0.15) is 11.6 Å². The van der Waals surface area contributed by atoms with Crippen LogP contribution in [0.2, 0.25) is 0 Å². The third-order valence-corrected chi connectivity index (χ3v) is 6.42. The third kappa shape index (κ3) is 6.76. The van der Waals surface area contributed by atoms with E-state index in [1.807, 2.05) is 50.2 Å². The standard InChI is InChI=1S/C16H16FNO.C13H17NO3/c1-11-6-5-7-12(2)14(11)10-18-16(19)13-8-3-4-9-15(13)17;1-2-10(7-14-5-1)8-15-11-3-4-12-13(6-11)17-9-16-12/h3-9H,10H2,1-2H3,(H,18,19);3-4,6,10,14H,1-2,5,7-9H2. The van der Waals surface area contributed by atoms with Crippen LogP contribution in [0.5, 0.6) is 17.2 Å². The summed E-state index contributed by atoms with van der Waals surface area (Å²) in [7, 11) is 0. The average Bonchev–Trinajstić information content (AvgIpc) is 3.36. The molecule has 3 aromatic carbocycles. The van der Waals surface area contributed by atoms with Gasteiger partial charge < -0.3 is 24.8 Å². The van der Waals surface area contributed by atoms with Crippen LogP contribution in [-0.4, -0.2) is 32.4 Å². The minimum absolute atomic E-state index is 0.0775. The summed E-state index contributed by atoms with van der Waals surface area (Å²) in [5.74, 6) is 2.18. The smallest absolute Gasteiger partial charge is 0.254 e. The first kappa shape index (κ1) is 25.5. The molecule has 36 heavy (non-hydrogen) atoms. The van der Waals surface area contributed by atoms with Gasteiger partial charge in [0.15, 0.2) is 11.5 Å². The summed E-state index contributed by atoms with van der Waals surface area (Å²) in [5, 5.41) is 6.15. The number of aryl methyl sites for hydroxylation is 2. The average molecular weight is 493 g/mol. The van der Waals surface area contributed by atoms with Crippen LogP contribution in [0.4, 0.5) is 4.39 Å². The van der Waals surface area contributed by atoms with E-state index >= 15 is 0 Å². The summed E-state index contributed by atoms with van der Waals surface area (Å²) in [6.45, 7) is 7.68. The molecule has 0 spiro atoms. The Labute approximate surface area is 211 Å². The highest BCUT2D eigenvalue weighted by molar-refractivity contribution is 5.94. The number of nitrogens with one attached hydrogen (secondary N) is 2. The lowest BCUT2D eigenvalue weighted by Crippen LogP contribution is -2.33. The van der Waals surface area contributed by atoms with Crippen LogP contribution < -0.4 is 24.8 Å². The summed E-state index contributed by atoms with van der Waals surface area (Å²) in [6, 6.07) is 17.7. The third-order valence-electron chi connectivity index (χ3n) is 6.42. The number of hydrogen-bond acceptors (Lipinski definition) is 5. The van der Waals surface area contributed by atoms with Crippen molar-refractivity contribution in [1.82, 2.24) is 10.6 Å². The van der Waals surface area contributed by atoms with Crippen LogP contribution in [-0.2, 0) is 6.54 Å². The Morgan fingerprint density at radius 2 is 1.83 bits per heavy atom. The number of ether oxygens (including phenoxy) is 3. The van der Waals surface area contributed by atoms with Crippen LogP contribution in [0, 0.1) is 25.6 Å². The van der Waals surface area contributed by atoms with Crippen molar-refractivity contribution >= 4 is 5.91 Å². The molecule has 0 aromatic heterocycles. The van der Waals surface area contributed by atoms with Crippen molar-refractivity contribution in [2.24, 2.45) is 5.92 Å². The van der Waals surface area contributed by atoms with Gasteiger partial charge in [-0.25, -0.2) is 4.39 Å². The van der Waals surface area contributed by atoms with Gasteiger partial charge in [-0.1, -0.05) is 30.3 Å². The SMILES string of the molecule is Cc1cccc(C)c1CNC(=O)c1ccccc1F.c1cc2c(cc1OCC1CCCNC1)OCO2. The Kier molecular flexibility index (Phi) is 8.79. The van der Waals surface area contributed by atoms with Gasteiger partial charge in [-0.05, 0) is 74.2 Å². The Hall–Kier alpha value is -3.58. The van der Waals surface area contributed by atoms with Gasteiger partial charge in [-0.2, -0.15) is 0 Å². The van der Waals surface area contributed by atoms with Crippen LogP contribution in [0.15, 0.2) is 60.7 Å². The number of hydrogen-bond donors (Lipinski definition) is 2. The molecule has 0 saturated carbocycles. The molecule has 190 valence electrons. The van der Waals surface area contributed by atoms with Crippen molar-refractivity contribution in [1.29, 1.82) is 0 Å². The second-order valence-corrected chi connectivity index (χ2v) is 9.07. The molecule has 1 saturated heterocycles. The van der Waals surface area contributed by atoms with E-state index in [9.17, 15) is 9.18 Å². The molecule has 0 aliphatic carbocycles. The Balaban J connectivity index is 0.000000170. The molecule has 2 N–H and O–H groups in total. The zero-order valence-electron chi connectivity index (χ0n) is 20.8. The van der Waals surface area contributed by atoms with Crippen LogP contribution in [0.25, 0.3) is 0 Å². The van der Waals surface area contributed by atoms with Crippen molar-refractivity contribution in [2.45, 2.75) is 33.2 Å². The highest BCUT2D eigenvalue weighted by Gasteiger charge is 2.16. The number of rotatable bonds is 6. The van der Waals surface area contributed by atoms with Gasteiger partial charge in [-0.15, -0.1) is 0 Å². The minimum Gasteiger partial charge on any atom is -0.493 e. The summed E-state index contributed by atoms with van der Waals surface area (Å²) < 4.78 is 29.8. The number of fused-ring (bicyclic) bond motifs is 1. The number of carbonyl (C=O) groups is 1. The lowest BCUT2D eigenvalue weighted by atomic mass is 10.0. The maximum absolute atomic E-state index is 13.5. The molecule has 1 amide bonds. The van der Waals surface area contributed by atoms with Gasteiger partial charge in [0.2, 0.25) is 6.79 Å². The topological polar surface area (TPSA) is 68.8 Å². The molecule has 2 aliphatic rings. The number of amides is 1. The molecule has 3 aromatic rings. The van der Waals surface area contributed by atoms with Gasteiger partial charge in [0.05, 0.1) is 12.2 Å². The van der Waals surface area contributed by atoms with E-state index in [1.165, 1.54) is 25.0 Å². The molecule has 6 nitrogen and oxygen atoms in total. The van der Waals surface area contributed by atoms with Crippen molar-refractivity contribution in [3.05, 3.63) is 88.7 Å². The quantitative estimate of drug-likeness (QED) is 0.497. The Bertz CT molecular complexity index is 1160. The van der Waals surface area contributed by atoms with E-state index in [0.717, 1.165) is 53.6 Å². The molecule has 1 atom stereocenters. The Morgan fingerprint density at radius 3 is 2.58 bits per heavy atom. The van der Waals surface area contributed by atoms with Crippen LogP contribution in [0.3, 0.4) is 0 Å². The maximum Gasteiger partial charge on any atom is 0.254 e. The molecule has 2 aliphatic heterocycles. The van der Waals surface area contributed by atoms with Crippen molar-refractivity contribution in [2.75, 3.05) is 26.5 Å². The zero-order chi connectivity index (χ0) is 25.3. The largest absolute Gasteiger partial charge is 0.493 e. The van der Waals surface area contributed by atoms with Gasteiger partial charge in [0, 0.05) is 25.1 Å². The molecule has 1 unspecified atom stereocenters. The second-order valence-electron chi connectivity index (χ2n) is 9.07. The fourth-order valence-electron chi connectivity index (χ4n) is 4.28. The first-order chi connectivity index (χ1) is 17.5. The minimum atomic E-state index is -0.499. The number of piperidine rings is 1. The van der Waals surface area contributed by atoms with E-state index in [0.29, 0.717) is 19.3 Å². The summed E-state index contributed by atoms with van der Waals surface area (Å²) in [6.07, 6.45) is 2.49. The molecule has 1 fully saturated rings. The first-order valence-electron chi connectivity index (χ1n) is 12.3. The van der Waals surface area contributed by atoms with Gasteiger partial charge >= 0.3 is 0 Å². The normalized spacial score (nSPS) is 16.0. The molecular formula is C29H33FN2O4. The van der Waals surface area contributed by atoms with Gasteiger partial charge in [0.25, 0.3) is 5.91 Å². The Morgan fingerprint density at radius 1 is 1.06 bits per heavy atom. The molecular weight excluding hydrogens is 459 g/mol. The van der Waals surface area contributed by atoms with E-state index in [2.05, 4.69) is 10.6 Å². The van der Waals surface area contributed by atoms with E-state index in [1.54, 1.807) is 12.1 Å². The van der Waals surface area contributed by atoms with Crippen molar-refractivity contribution < 1.29 is 23.4 Å². The molecule has 0 bridgehead atoms. The predicted molar refractivity (Wildman–Crippen MR) is 137 cm³/mol. The summed E-state index contributed by atoms with van der Waals surface area (Å²) in [4.78, 5) is 11.9. The van der Waals surface area contributed by atoms with Crippen molar-refractivity contribution in [3.8, 4) is 17.2 Å².